The number of hydrogen-bond donors (Lipinski definition) is 1. The second-order valence-corrected chi connectivity index (χ2v) is 4.70. The normalized spacial score (nSPS) is 10.4. The van der Waals surface area contributed by atoms with E-state index >= 15 is 0 Å². The molecule has 1 aromatic rings. The van der Waals surface area contributed by atoms with E-state index in [0.717, 1.165) is 0 Å². The average Bonchev–Trinajstić information content (AvgIpc) is 2.49. The zero-order valence-corrected chi connectivity index (χ0v) is 13.2. The van der Waals surface area contributed by atoms with E-state index < -0.39 is 0 Å². The number of benzene rings is 1. The van der Waals surface area contributed by atoms with E-state index in [9.17, 15) is 4.79 Å². The van der Waals surface area contributed by atoms with Crippen LogP contribution in [0.1, 0.15) is 24.2 Å². The van der Waals surface area contributed by atoms with Crippen molar-refractivity contribution in [3.63, 3.8) is 0 Å². The summed E-state index contributed by atoms with van der Waals surface area (Å²) in [6.07, 6.45) is 0. The fourth-order valence-corrected chi connectivity index (χ4v) is 2.13. The van der Waals surface area contributed by atoms with Crippen LogP contribution in [-0.2, 0) is 0 Å². The molecule has 0 aliphatic heterocycles. The van der Waals surface area contributed by atoms with Gasteiger partial charge in [0.1, 0.15) is 0 Å². The van der Waals surface area contributed by atoms with E-state index in [1.54, 1.807) is 17.0 Å². The lowest BCUT2D eigenvalue weighted by Gasteiger charge is -2.27. The Kier molecular flexibility index (Phi) is 6.30. The Bertz CT molecular complexity index is 487. The molecule has 0 spiro atoms. The number of rotatable bonds is 7. The molecule has 0 bridgehead atoms. The van der Waals surface area contributed by atoms with Crippen molar-refractivity contribution in [3.05, 3.63) is 17.7 Å². The lowest BCUT2D eigenvalue weighted by Crippen LogP contribution is -2.39. The van der Waals surface area contributed by atoms with E-state index in [0.29, 0.717) is 22.8 Å². The number of carbonyl (C=O) groups is 1. The smallest absolute Gasteiger partial charge is 0.258 e. The largest absolute Gasteiger partial charge is 0.493 e. The fraction of sp³-hybridized carbons (Fsp3) is 0.533. The summed E-state index contributed by atoms with van der Waals surface area (Å²) in [4.78, 5) is 14.2. The van der Waals surface area contributed by atoms with Crippen molar-refractivity contribution in [2.75, 3.05) is 34.5 Å². The van der Waals surface area contributed by atoms with Crippen LogP contribution in [0, 0.1) is 0 Å². The van der Waals surface area contributed by atoms with Crippen molar-refractivity contribution in [2.24, 2.45) is 0 Å². The maximum atomic E-state index is 12.7. The Morgan fingerprint density at radius 1 is 1.14 bits per heavy atom. The number of nitrogens with zero attached hydrogens (tertiary/aromatic N) is 1. The number of methoxy groups -OCH3 is 3. The van der Waals surface area contributed by atoms with Crippen molar-refractivity contribution in [3.8, 4) is 17.2 Å². The zero-order valence-electron chi connectivity index (χ0n) is 13.2. The molecule has 1 amide bonds. The van der Waals surface area contributed by atoms with Gasteiger partial charge >= 0.3 is 0 Å². The van der Waals surface area contributed by atoms with Crippen LogP contribution in [0.5, 0.6) is 17.2 Å². The molecule has 0 saturated carbocycles. The molecule has 0 atom stereocenters. The monoisotopic (exact) mass is 297 g/mol. The molecule has 6 nitrogen and oxygen atoms in total. The van der Waals surface area contributed by atoms with Gasteiger partial charge in [-0.15, -0.1) is 0 Å². The second-order valence-electron chi connectivity index (χ2n) is 4.70. The summed E-state index contributed by atoms with van der Waals surface area (Å²) in [6.45, 7) is 3.94. The van der Waals surface area contributed by atoms with Crippen LogP contribution in [0.15, 0.2) is 12.1 Å². The van der Waals surface area contributed by atoms with E-state index in [4.69, 9.17) is 19.3 Å². The Labute approximate surface area is 125 Å². The molecule has 0 unspecified atom stereocenters. The molecule has 0 aromatic heterocycles. The van der Waals surface area contributed by atoms with Gasteiger partial charge in [0, 0.05) is 12.6 Å². The highest BCUT2D eigenvalue weighted by Crippen LogP contribution is 2.40. The Hall–Kier alpha value is -1.95. The van der Waals surface area contributed by atoms with Gasteiger partial charge in [-0.1, -0.05) is 0 Å². The number of aliphatic hydroxyl groups excluding tert-OH is 1. The van der Waals surface area contributed by atoms with Crippen molar-refractivity contribution in [1.82, 2.24) is 4.90 Å². The maximum Gasteiger partial charge on any atom is 0.258 e. The Morgan fingerprint density at radius 2 is 1.76 bits per heavy atom. The van der Waals surface area contributed by atoms with Gasteiger partial charge in [-0.2, -0.15) is 0 Å². The third-order valence-electron chi connectivity index (χ3n) is 3.16. The first-order chi connectivity index (χ1) is 10.0. The highest BCUT2D eigenvalue weighted by atomic mass is 16.5. The van der Waals surface area contributed by atoms with Crippen molar-refractivity contribution < 1.29 is 24.1 Å². The molecule has 0 fully saturated rings. The van der Waals surface area contributed by atoms with Crippen LogP contribution in [-0.4, -0.2) is 56.4 Å². The van der Waals surface area contributed by atoms with E-state index in [1.165, 1.54) is 21.3 Å². The lowest BCUT2D eigenvalue weighted by molar-refractivity contribution is 0.0661. The molecule has 0 aliphatic carbocycles. The summed E-state index contributed by atoms with van der Waals surface area (Å²) < 4.78 is 15.8. The summed E-state index contributed by atoms with van der Waals surface area (Å²) in [5.41, 5.74) is 0.373. The fourth-order valence-electron chi connectivity index (χ4n) is 2.13. The topological polar surface area (TPSA) is 68.2 Å². The number of hydrogen-bond acceptors (Lipinski definition) is 5. The maximum absolute atomic E-state index is 12.7. The molecule has 21 heavy (non-hydrogen) atoms. The first-order valence-corrected chi connectivity index (χ1v) is 6.72. The van der Waals surface area contributed by atoms with Gasteiger partial charge in [0.2, 0.25) is 5.75 Å². The molecular weight excluding hydrogens is 274 g/mol. The molecule has 0 heterocycles. The highest BCUT2D eigenvalue weighted by Gasteiger charge is 2.25. The molecule has 0 saturated heterocycles. The van der Waals surface area contributed by atoms with Crippen LogP contribution in [0.25, 0.3) is 0 Å². The molecular formula is C15H23NO5. The van der Waals surface area contributed by atoms with E-state index in [2.05, 4.69) is 0 Å². The highest BCUT2D eigenvalue weighted by molar-refractivity contribution is 5.98. The van der Waals surface area contributed by atoms with Crippen molar-refractivity contribution in [1.29, 1.82) is 0 Å². The molecule has 0 aliphatic rings. The van der Waals surface area contributed by atoms with Crippen LogP contribution in [0.4, 0.5) is 0 Å². The van der Waals surface area contributed by atoms with E-state index in [1.807, 2.05) is 13.8 Å². The number of ether oxygens (including phenoxy) is 3. The standard InChI is InChI=1S/C15H23NO5/c1-10(2)16(8-9-17)15(18)11-6-7-12(19-3)14(21-5)13(11)20-4/h6-7,10,17H,8-9H2,1-5H3. The molecule has 6 heteroatoms. The SMILES string of the molecule is COc1ccc(C(=O)N(CCO)C(C)C)c(OC)c1OC. The first kappa shape index (κ1) is 17.1. The molecule has 1 rings (SSSR count). The van der Waals surface area contributed by atoms with Crippen molar-refractivity contribution in [2.45, 2.75) is 19.9 Å². The van der Waals surface area contributed by atoms with Gasteiger partial charge in [0.15, 0.2) is 11.5 Å². The van der Waals surface area contributed by atoms with Crippen molar-refractivity contribution >= 4 is 5.91 Å². The summed E-state index contributed by atoms with van der Waals surface area (Å²) >= 11 is 0. The van der Waals surface area contributed by atoms with Crippen LogP contribution >= 0.6 is 0 Å². The van der Waals surface area contributed by atoms with Crippen LogP contribution < -0.4 is 14.2 Å². The third kappa shape index (κ3) is 3.58. The molecule has 0 radical (unpaired) electrons. The minimum atomic E-state index is -0.225. The first-order valence-electron chi connectivity index (χ1n) is 6.72. The molecule has 1 aromatic carbocycles. The average molecular weight is 297 g/mol. The minimum absolute atomic E-state index is 0.0394. The lowest BCUT2D eigenvalue weighted by atomic mass is 10.1. The Balaban J connectivity index is 3.31. The number of aliphatic hydroxyl groups is 1. The summed E-state index contributed by atoms with van der Waals surface area (Å²) in [7, 11) is 4.48. The minimum Gasteiger partial charge on any atom is -0.493 e. The van der Waals surface area contributed by atoms with Gasteiger partial charge < -0.3 is 24.2 Å². The van der Waals surface area contributed by atoms with E-state index in [-0.39, 0.29) is 25.1 Å². The summed E-state index contributed by atoms with van der Waals surface area (Å²) in [6, 6.07) is 3.25. The quantitative estimate of drug-likeness (QED) is 0.827. The second kappa shape index (κ2) is 7.73. The van der Waals surface area contributed by atoms with Crippen LogP contribution in [0.3, 0.4) is 0 Å². The third-order valence-corrected chi connectivity index (χ3v) is 3.16. The number of amides is 1. The van der Waals surface area contributed by atoms with Crippen LogP contribution in [0.2, 0.25) is 0 Å². The summed E-state index contributed by atoms with van der Waals surface area (Å²) in [5.74, 6) is 0.963. The predicted molar refractivity (Wildman–Crippen MR) is 79.4 cm³/mol. The predicted octanol–water partition coefficient (Wildman–Crippen LogP) is 1.56. The summed E-state index contributed by atoms with van der Waals surface area (Å²) in [5, 5.41) is 9.12. The molecule has 1 N–H and O–H groups in total. The molecule has 118 valence electrons. The zero-order chi connectivity index (χ0) is 16.0. The van der Waals surface area contributed by atoms with Gasteiger partial charge in [-0.05, 0) is 26.0 Å². The van der Waals surface area contributed by atoms with Gasteiger partial charge in [0.05, 0.1) is 33.5 Å². The van der Waals surface area contributed by atoms with Gasteiger partial charge in [-0.3, -0.25) is 4.79 Å². The van der Waals surface area contributed by atoms with Gasteiger partial charge in [0.25, 0.3) is 5.91 Å². The Morgan fingerprint density at radius 3 is 2.19 bits per heavy atom. The number of carbonyl (C=O) groups excluding carboxylic acids is 1. The van der Waals surface area contributed by atoms with Gasteiger partial charge in [-0.25, -0.2) is 0 Å².